The number of imidazole rings is 1. The van der Waals surface area contributed by atoms with E-state index in [0.29, 0.717) is 5.52 Å². The number of benzene rings is 1. The Morgan fingerprint density at radius 3 is 2.68 bits per heavy atom. The van der Waals surface area contributed by atoms with E-state index < -0.39 is 20.9 Å². The number of nitrogens with one attached hydrogen (secondary N) is 1. The van der Waals surface area contributed by atoms with Crippen molar-refractivity contribution >= 4 is 33.0 Å². The van der Waals surface area contributed by atoms with Crippen molar-refractivity contribution in [2.45, 2.75) is 4.90 Å². The van der Waals surface area contributed by atoms with E-state index in [2.05, 4.69) is 19.9 Å². The number of anilines is 1. The molecule has 112 valence electrons. The van der Waals surface area contributed by atoms with Crippen LogP contribution in [0.3, 0.4) is 0 Å². The van der Waals surface area contributed by atoms with Gasteiger partial charge in [0.2, 0.25) is 11.6 Å². The number of nitrogens with zero attached hydrogens (tertiary/aromatic N) is 3. The standard InChI is InChI=1S/C12H8FN5O3S/c13-22(20,21)7-4-2-1-3-6(7)9(19)12-17-10(14)8-11(18-12)16-5-15-8/h1-5H,(H3,14,15,16,17,18). The number of hydrogen-bond acceptors (Lipinski definition) is 7. The van der Waals surface area contributed by atoms with Crippen LogP contribution in [-0.4, -0.2) is 34.1 Å². The van der Waals surface area contributed by atoms with Crippen LogP contribution >= 0.6 is 0 Å². The zero-order valence-electron chi connectivity index (χ0n) is 10.8. The number of fused-ring (bicyclic) bond motifs is 1. The monoisotopic (exact) mass is 321 g/mol. The largest absolute Gasteiger partial charge is 0.382 e. The van der Waals surface area contributed by atoms with Gasteiger partial charge < -0.3 is 10.7 Å². The highest BCUT2D eigenvalue weighted by atomic mass is 32.3. The maximum atomic E-state index is 13.3. The van der Waals surface area contributed by atoms with Crippen molar-refractivity contribution in [1.82, 2.24) is 19.9 Å². The zero-order chi connectivity index (χ0) is 15.9. The average Bonchev–Trinajstić information content (AvgIpc) is 2.94. The number of carbonyl (C=O) groups excluding carboxylic acids is 1. The van der Waals surface area contributed by atoms with Crippen LogP contribution in [0, 0.1) is 0 Å². The van der Waals surface area contributed by atoms with Crippen LogP contribution in [0.25, 0.3) is 11.2 Å². The van der Waals surface area contributed by atoms with Crippen molar-refractivity contribution < 1.29 is 17.1 Å². The lowest BCUT2D eigenvalue weighted by molar-refractivity contribution is 0.102. The number of H-pyrrole nitrogens is 1. The fraction of sp³-hybridized carbons (Fsp3) is 0. The molecule has 22 heavy (non-hydrogen) atoms. The van der Waals surface area contributed by atoms with Crippen molar-refractivity contribution in [3.63, 3.8) is 0 Å². The van der Waals surface area contributed by atoms with Gasteiger partial charge in [-0.2, -0.15) is 8.42 Å². The quantitative estimate of drug-likeness (QED) is 0.539. The molecule has 0 atom stereocenters. The Balaban J connectivity index is 2.18. The van der Waals surface area contributed by atoms with E-state index in [0.717, 1.165) is 6.07 Å². The summed E-state index contributed by atoms with van der Waals surface area (Å²) in [5.41, 5.74) is 5.80. The molecule has 3 aromatic rings. The summed E-state index contributed by atoms with van der Waals surface area (Å²) in [5.74, 6) is -1.26. The minimum Gasteiger partial charge on any atom is -0.382 e. The molecule has 0 aliphatic rings. The third kappa shape index (κ3) is 2.29. The lowest BCUT2D eigenvalue weighted by atomic mass is 10.1. The maximum Gasteiger partial charge on any atom is 0.332 e. The first-order valence-corrected chi connectivity index (χ1v) is 7.31. The third-order valence-corrected chi connectivity index (χ3v) is 3.79. The number of ketones is 1. The van der Waals surface area contributed by atoms with E-state index in [1.807, 2.05) is 0 Å². The Labute approximate surface area is 123 Å². The topological polar surface area (TPSA) is 132 Å². The summed E-state index contributed by atoms with van der Waals surface area (Å²) in [6.07, 6.45) is 1.32. The highest BCUT2D eigenvalue weighted by Crippen LogP contribution is 2.21. The Kier molecular flexibility index (Phi) is 3.10. The van der Waals surface area contributed by atoms with Crippen LogP contribution in [0.15, 0.2) is 35.5 Å². The molecule has 0 unspecified atom stereocenters. The molecule has 0 bridgehead atoms. The first-order valence-electron chi connectivity index (χ1n) is 5.93. The summed E-state index contributed by atoms with van der Waals surface area (Å²) in [4.78, 5) is 25.9. The average molecular weight is 321 g/mol. The third-order valence-electron chi connectivity index (χ3n) is 2.91. The Morgan fingerprint density at radius 1 is 1.23 bits per heavy atom. The number of carbonyl (C=O) groups is 1. The Morgan fingerprint density at radius 2 is 1.95 bits per heavy atom. The van der Waals surface area contributed by atoms with Crippen LogP contribution in [0.4, 0.5) is 9.70 Å². The molecule has 8 nitrogen and oxygen atoms in total. The lowest BCUT2D eigenvalue weighted by Crippen LogP contribution is -2.12. The lowest BCUT2D eigenvalue weighted by Gasteiger charge is -2.05. The predicted molar refractivity (Wildman–Crippen MR) is 74.3 cm³/mol. The fourth-order valence-electron chi connectivity index (χ4n) is 1.94. The second-order valence-corrected chi connectivity index (χ2v) is 5.61. The Bertz CT molecular complexity index is 999. The highest BCUT2D eigenvalue weighted by Gasteiger charge is 2.24. The molecule has 0 fully saturated rings. The summed E-state index contributed by atoms with van der Waals surface area (Å²) in [6, 6.07) is 4.86. The minimum atomic E-state index is -5.06. The molecule has 10 heteroatoms. The van der Waals surface area contributed by atoms with Crippen molar-refractivity contribution in [3.8, 4) is 0 Å². The second-order valence-electron chi connectivity index (χ2n) is 4.30. The smallest absolute Gasteiger partial charge is 0.332 e. The van der Waals surface area contributed by atoms with E-state index in [4.69, 9.17) is 5.73 Å². The van der Waals surface area contributed by atoms with Crippen molar-refractivity contribution in [2.24, 2.45) is 0 Å². The van der Waals surface area contributed by atoms with Gasteiger partial charge in [0.25, 0.3) is 0 Å². The zero-order valence-corrected chi connectivity index (χ0v) is 11.6. The molecule has 2 heterocycles. The van der Waals surface area contributed by atoms with Gasteiger partial charge in [-0.3, -0.25) is 4.79 Å². The molecular formula is C12H8FN5O3S. The van der Waals surface area contributed by atoms with Gasteiger partial charge >= 0.3 is 10.2 Å². The molecule has 0 radical (unpaired) electrons. The second kappa shape index (κ2) is 4.84. The van der Waals surface area contributed by atoms with Gasteiger partial charge in [-0.1, -0.05) is 12.1 Å². The molecular weight excluding hydrogens is 313 g/mol. The van der Waals surface area contributed by atoms with Gasteiger partial charge in [-0.05, 0) is 12.1 Å². The van der Waals surface area contributed by atoms with Crippen LogP contribution in [-0.2, 0) is 10.2 Å². The van der Waals surface area contributed by atoms with Gasteiger partial charge in [0.1, 0.15) is 10.4 Å². The van der Waals surface area contributed by atoms with E-state index in [-0.39, 0.29) is 22.9 Å². The summed E-state index contributed by atoms with van der Waals surface area (Å²) in [5, 5.41) is 0. The van der Waals surface area contributed by atoms with Gasteiger partial charge in [0, 0.05) is 5.56 Å². The van der Waals surface area contributed by atoms with Gasteiger partial charge in [-0.25, -0.2) is 15.0 Å². The number of aromatic amines is 1. The molecule has 0 saturated carbocycles. The van der Waals surface area contributed by atoms with Gasteiger partial charge in [0.05, 0.1) is 6.33 Å². The van der Waals surface area contributed by atoms with Crippen LogP contribution in [0.1, 0.15) is 16.2 Å². The SMILES string of the molecule is Nc1nc(C(=O)c2ccccc2S(=O)(=O)F)nc2nc[nH]c12. The minimum absolute atomic E-state index is 0.0218. The maximum absolute atomic E-state index is 13.3. The molecule has 0 aliphatic heterocycles. The van der Waals surface area contributed by atoms with Gasteiger partial charge in [-0.15, -0.1) is 3.89 Å². The van der Waals surface area contributed by atoms with Crippen LogP contribution < -0.4 is 5.73 Å². The number of nitrogen functional groups attached to an aromatic ring is 1. The van der Waals surface area contributed by atoms with Crippen LogP contribution in [0.2, 0.25) is 0 Å². The van der Waals surface area contributed by atoms with E-state index in [1.165, 1.54) is 24.5 Å². The highest BCUT2D eigenvalue weighted by molar-refractivity contribution is 7.86. The van der Waals surface area contributed by atoms with Crippen LogP contribution in [0.5, 0.6) is 0 Å². The summed E-state index contributed by atoms with van der Waals surface area (Å²) in [7, 11) is -5.06. The molecule has 3 rings (SSSR count). The number of rotatable bonds is 3. The van der Waals surface area contributed by atoms with E-state index in [1.54, 1.807) is 0 Å². The summed E-state index contributed by atoms with van der Waals surface area (Å²) in [6.45, 7) is 0. The van der Waals surface area contributed by atoms with Crippen molar-refractivity contribution in [1.29, 1.82) is 0 Å². The number of aromatic nitrogens is 4. The first kappa shape index (κ1) is 14.1. The Hall–Kier alpha value is -2.88. The number of hydrogen-bond donors (Lipinski definition) is 2. The van der Waals surface area contributed by atoms with E-state index >= 15 is 0 Å². The molecule has 0 aliphatic carbocycles. The summed E-state index contributed by atoms with van der Waals surface area (Å²) < 4.78 is 35.5. The first-order chi connectivity index (χ1) is 10.4. The normalized spacial score (nSPS) is 11.7. The molecule has 2 aromatic heterocycles. The number of nitrogens with two attached hydrogens (primary N) is 1. The number of halogens is 1. The molecule has 0 saturated heterocycles. The fourth-order valence-corrected chi connectivity index (χ4v) is 2.61. The molecule has 0 amide bonds. The summed E-state index contributed by atoms with van der Waals surface area (Å²) >= 11 is 0. The van der Waals surface area contributed by atoms with Crippen molar-refractivity contribution in [2.75, 3.05) is 5.73 Å². The molecule has 1 aromatic carbocycles. The van der Waals surface area contributed by atoms with E-state index in [9.17, 15) is 17.1 Å². The van der Waals surface area contributed by atoms with Crippen molar-refractivity contribution in [3.05, 3.63) is 42.0 Å². The molecule has 3 N–H and O–H groups in total. The van der Waals surface area contributed by atoms with Gasteiger partial charge in [0.15, 0.2) is 11.5 Å². The molecule has 0 spiro atoms. The predicted octanol–water partition coefficient (Wildman–Crippen LogP) is 0.824.